The Morgan fingerprint density at radius 3 is 2.92 bits per heavy atom. The number of allylic oxidation sites excluding steroid dienone is 2. The highest BCUT2D eigenvalue weighted by molar-refractivity contribution is 5.84. The lowest BCUT2D eigenvalue weighted by atomic mass is 10.2. The summed E-state index contributed by atoms with van der Waals surface area (Å²) in [6.07, 6.45) is 6.46. The fourth-order valence-electron chi connectivity index (χ4n) is 1.96. The molecule has 3 rings (SSSR count). The van der Waals surface area contributed by atoms with Crippen LogP contribution < -0.4 is 10.6 Å². The van der Waals surface area contributed by atoms with Crippen molar-refractivity contribution in [3.8, 4) is 0 Å². The Hall–Kier alpha value is -1.24. The van der Waals surface area contributed by atoms with E-state index in [9.17, 15) is 0 Å². The van der Waals surface area contributed by atoms with Crippen molar-refractivity contribution in [2.45, 2.75) is 19.8 Å². The second-order valence-electron chi connectivity index (χ2n) is 3.37. The Kier molecular flexibility index (Phi) is 1.01. The van der Waals surface area contributed by atoms with Crippen LogP contribution in [0, 0.1) is 0 Å². The Bertz CT molecular complexity index is 444. The number of hydrogen-bond donors (Lipinski definition) is 0. The first kappa shape index (κ1) is 6.30. The summed E-state index contributed by atoms with van der Waals surface area (Å²) in [4.78, 5) is 0. The molecule has 0 fully saturated rings. The molecule has 2 bridgehead atoms. The van der Waals surface area contributed by atoms with Crippen molar-refractivity contribution in [1.82, 2.24) is 0 Å². The van der Waals surface area contributed by atoms with E-state index in [0.29, 0.717) is 0 Å². The Balaban J connectivity index is 2.46. The standard InChI is InChI=1S/C11H10O/c1-2-9-6-10-7-3-4-8(5-7)11(10)12-9/h3-4,6H,2,5H2,1H3. The van der Waals surface area contributed by atoms with Crippen LogP contribution in [0.2, 0.25) is 0 Å². The molecule has 1 heteroatoms. The van der Waals surface area contributed by atoms with E-state index in [-0.39, 0.29) is 0 Å². The maximum absolute atomic E-state index is 5.70. The van der Waals surface area contributed by atoms with Gasteiger partial charge in [-0.3, -0.25) is 0 Å². The van der Waals surface area contributed by atoms with Gasteiger partial charge >= 0.3 is 0 Å². The SMILES string of the molecule is CCc1cc2c(o1)=C1C=CC=2C1. The number of furan rings is 1. The lowest BCUT2D eigenvalue weighted by Gasteiger charge is -1.86. The average Bonchev–Trinajstić information content (AvgIpc) is 2.75. The van der Waals surface area contributed by atoms with Crippen molar-refractivity contribution in [3.05, 3.63) is 34.6 Å². The van der Waals surface area contributed by atoms with Crippen LogP contribution in [-0.4, -0.2) is 0 Å². The number of fused-ring (bicyclic) bond motifs is 3. The fraction of sp³-hybridized carbons (Fsp3) is 0.273. The zero-order valence-electron chi connectivity index (χ0n) is 7.05. The zero-order chi connectivity index (χ0) is 8.13. The Morgan fingerprint density at radius 1 is 1.33 bits per heavy atom. The largest absolute Gasteiger partial charge is 0.461 e. The number of hydrogen-bond acceptors (Lipinski definition) is 1. The quantitative estimate of drug-likeness (QED) is 0.597. The minimum atomic E-state index is 0.994. The second kappa shape index (κ2) is 1.92. The molecule has 0 spiro atoms. The van der Waals surface area contributed by atoms with Gasteiger partial charge in [0.25, 0.3) is 0 Å². The summed E-state index contributed by atoms with van der Waals surface area (Å²) in [6, 6.07) is 2.18. The summed E-state index contributed by atoms with van der Waals surface area (Å²) in [5, 5.41) is 1.34. The van der Waals surface area contributed by atoms with Gasteiger partial charge in [-0.15, -0.1) is 0 Å². The van der Waals surface area contributed by atoms with Crippen molar-refractivity contribution in [2.75, 3.05) is 0 Å². The van der Waals surface area contributed by atoms with Crippen LogP contribution in [0.5, 0.6) is 0 Å². The third-order valence-electron chi connectivity index (χ3n) is 2.64. The van der Waals surface area contributed by atoms with Gasteiger partial charge in [0.2, 0.25) is 0 Å². The molecule has 0 saturated carbocycles. The van der Waals surface area contributed by atoms with Crippen LogP contribution in [0.4, 0.5) is 0 Å². The maximum atomic E-state index is 5.70. The second-order valence-corrected chi connectivity index (χ2v) is 3.37. The summed E-state index contributed by atoms with van der Waals surface area (Å²) in [6.45, 7) is 2.12. The van der Waals surface area contributed by atoms with Crippen molar-refractivity contribution < 1.29 is 4.42 Å². The molecule has 0 saturated heterocycles. The van der Waals surface area contributed by atoms with E-state index in [4.69, 9.17) is 4.42 Å². The van der Waals surface area contributed by atoms with Gasteiger partial charge in [0.1, 0.15) is 11.2 Å². The molecule has 1 aromatic rings. The molecule has 1 nitrogen and oxygen atoms in total. The predicted octanol–water partition coefficient (Wildman–Crippen LogP) is 1.12. The van der Waals surface area contributed by atoms with Crippen LogP contribution in [-0.2, 0) is 6.42 Å². The van der Waals surface area contributed by atoms with Crippen LogP contribution >= 0.6 is 0 Å². The number of aryl methyl sites for hydroxylation is 1. The molecule has 2 aliphatic carbocycles. The molecule has 1 heterocycles. The van der Waals surface area contributed by atoms with E-state index in [1.54, 1.807) is 0 Å². The van der Waals surface area contributed by atoms with Gasteiger partial charge in [-0.05, 0) is 17.2 Å². The molecule has 0 unspecified atom stereocenters. The van der Waals surface area contributed by atoms with E-state index in [1.807, 2.05) is 0 Å². The van der Waals surface area contributed by atoms with Crippen LogP contribution in [0.3, 0.4) is 0 Å². The predicted molar refractivity (Wildman–Crippen MR) is 47.9 cm³/mol. The van der Waals surface area contributed by atoms with Gasteiger partial charge in [0, 0.05) is 18.1 Å². The molecule has 12 heavy (non-hydrogen) atoms. The third-order valence-corrected chi connectivity index (χ3v) is 2.64. The van der Waals surface area contributed by atoms with Crippen LogP contribution in [0.1, 0.15) is 19.1 Å². The van der Waals surface area contributed by atoms with Crippen molar-refractivity contribution in [3.63, 3.8) is 0 Å². The highest BCUT2D eigenvalue weighted by atomic mass is 16.3. The topological polar surface area (TPSA) is 13.1 Å². The molecule has 1 aromatic heterocycles. The van der Waals surface area contributed by atoms with Gasteiger partial charge in [0.15, 0.2) is 0 Å². The summed E-state index contributed by atoms with van der Waals surface area (Å²) in [5.41, 5.74) is 3.92. The summed E-state index contributed by atoms with van der Waals surface area (Å²) >= 11 is 0. The summed E-state index contributed by atoms with van der Waals surface area (Å²) in [5.74, 6) is 1.11. The maximum Gasteiger partial charge on any atom is 0.138 e. The minimum absolute atomic E-state index is 0.994. The van der Waals surface area contributed by atoms with Gasteiger partial charge < -0.3 is 4.42 Å². The first-order valence-electron chi connectivity index (χ1n) is 4.41. The molecule has 0 N–H and O–H groups in total. The molecule has 0 radical (unpaired) electrons. The molecular weight excluding hydrogens is 148 g/mol. The molecule has 2 aliphatic rings. The summed E-state index contributed by atoms with van der Waals surface area (Å²) in [7, 11) is 0. The first-order valence-corrected chi connectivity index (χ1v) is 4.41. The van der Waals surface area contributed by atoms with Gasteiger partial charge in [-0.25, -0.2) is 0 Å². The minimum Gasteiger partial charge on any atom is -0.461 e. The van der Waals surface area contributed by atoms with Crippen LogP contribution in [0.25, 0.3) is 11.1 Å². The highest BCUT2D eigenvalue weighted by Gasteiger charge is 2.18. The molecule has 60 valence electrons. The highest BCUT2D eigenvalue weighted by Crippen LogP contribution is 2.24. The normalized spacial score (nSPS) is 17.8. The molecule has 0 atom stereocenters. The van der Waals surface area contributed by atoms with Gasteiger partial charge in [-0.2, -0.15) is 0 Å². The van der Waals surface area contributed by atoms with E-state index in [1.165, 1.54) is 16.4 Å². The van der Waals surface area contributed by atoms with E-state index < -0.39 is 0 Å². The average molecular weight is 158 g/mol. The first-order chi connectivity index (χ1) is 5.88. The van der Waals surface area contributed by atoms with E-state index in [2.05, 4.69) is 25.1 Å². The van der Waals surface area contributed by atoms with Crippen molar-refractivity contribution >= 4 is 11.1 Å². The van der Waals surface area contributed by atoms with E-state index >= 15 is 0 Å². The monoisotopic (exact) mass is 158 g/mol. The lowest BCUT2D eigenvalue weighted by molar-refractivity contribution is 0.484. The van der Waals surface area contributed by atoms with Gasteiger partial charge in [-0.1, -0.05) is 19.1 Å². The molecule has 0 aromatic carbocycles. The third kappa shape index (κ3) is 0.596. The van der Waals surface area contributed by atoms with Crippen molar-refractivity contribution in [2.24, 2.45) is 0 Å². The Labute approximate surface area is 70.7 Å². The molecular formula is C11H10O. The zero-order valence-corrected chi connectivity index (χ0v) is 7.05. The van der Waals surface area contributed by atoms with Gasteiger partial charge in [0.05, 0.1) is 0 Å². The number of rotatable bonds is 1. The van der Waals surface area contributed by atoms with Crippen LogP contribution in [0.15, 0.2) is 22.6 Å². The summed E-state index contributed by atoms with van der Waals surface area (Å²) < 4.78 is 5.70. The molecule has 0 amide bonds. The smallest absolute Gasteiger partial charge is 0.138 e. The molecule has 0 aliphatic heterocycles. The van der Waals surface area contributed by atoms with E-state index in [0.717, 1.165) is 24.0 Å². The Morgan fingerprint density at radius 2 is 2.17 bits per heavy atom. The fourth-order valence-corrected chi connectivity index (χ4v) is 1.96. The van der Waals surface area contributed by atoms with Crippen molar-refractivity contribution in [1.29, 1.82) is 0 Å². The lowest BCUT2D eigenvalue weighted by Crippen LogP contribution is -2.19.